The normalized spacial score (nSPS) is 10.6. The molecule has 0 saturated heterocycles. The van der Waals surface area contributed by atoms with E-state index < -0.39 is 11.7 Å². The van der Waals surface area contributed by atoms with Gasteiger partial charge in [-0.2, -0.15) is 0 Å². The zero-order valence-electron chi connectivity index (χ0n) is 14.2. The van der Waals surface area contributed by atoms with Gasteiger partial charge in [-0.1, -0.05) is 18.5 Å². The number of anilines is 1. The highest BCUT2D eigenvalue weighted by Crippen LogP contribution is 2.31. The lowest BCUT2D eigenvalue weighted by Crippen LogP contribution is -2.13. The number of methoxy groups -OCH3 is 1. The van der Waals surface area contributed by atoms with Crippen molar-refractivity contribution in [3.8, 4) is 17.0 Å². The van der Waals surface area contributed by atoms with Gasteiger partial charge in [0, 0.05) is 22.7 Å². The molecule has 0 aliphatic heterocycles. The maximum absolute atomic E-state index is 14.0. The number of carbonyl (C=O) groups is 1. The van der Waals surface area contributed by atoms with E-state index in [2.05, 4.69) is 10.3 Å². The summed E-state index contributed by atoms with van der Waals surface area (Å²) in [7, 11) is 1.43. The molecule has 1 N–H and O–H groups in total. The van der Waals surface area contributed by atoms with Gasteiger partial charge in [0.2, 0.25) is 0 Å². The van der Waals surface area contributed by atoms with E-state index in [1.54, 1.807) is 29.5 Å². The molecule has 26 heavy (non-hydrogen) atoms. The molecule has 1 amide bonds. The Morgan fingerprint density at radius 3 is 2.73 bits per heavy atom. The van der Waals surface area contributed by atoms with Crippen LogP contribution in [-0.2, 0) is 6.42 Å². The Morgan fingerprint density at radius 1 is 1.31 bits per heavy atom. The van der Waals surface area contributed by atoms with Crippen molar-refractivity contribution in [2.24, 2.45) is 0 Å². The fourth-order valence-corrected chi connectivity index (χ4v) is 3.43. The third kappa shape index (κ3) is 3.86. The number of aromatic nitrogens is 1. The summed E-state index contributed by atoms with van der Waals surface area (Å²) < 4.78 is 19.0. The van der Waals surface area contributed by atoms with E-state index in [1.807, 2.05) is 12.3 Å². The molecule has 1 heterocycles. The molecule has 1 aromatic heterocycles. The van der Waals surface area contributed by atoms with Crippen LogP contribution >= 0.6 is 22.9 Å². The van der Waals surface area contributed by atoms with Crippen molar-refractivity contribution in [2.45, 2.75) is 13.3 Å². The lowest BCUT2D eigenvalue weighted by molar-refractivity contribution is 0.102. The molecule has 0 saturated carbocycles. The SMILES string of the molecule is CCc1nc(-c2ccc(NC(=O)c3ccc(OC)cc3F)cc2Cl)cs1. The van der Waals surface area contributed by atoms with Crippen LogP contribution in [0.1, 0.15) is 22.3 Å². The van der Waals surface area contributed by atoms with Crippen molar-refractivity contribution in [3.05, 3.63) is 63.2 Å². The lowest BCUT2D eigenvalue weighted by atomic mass is 10.1. The van der Waals surface area contributed by atoms with Crippen LogP contribution in [0.3, 0.4) is 0 Å². The zero-order valence-corrected chi connectivity index (χ0v) is 15.7. The van der Waals surface area contributed by atoms with Crippen LogP contribution in [0.4, 0.5) is 10.1 Å². The van der Waals surface area contributed by atoms with Crippen LogP contribution in [-0.4, -0.2) is 18.0 Å². The van der Waals surface area contributed by atoms with Gasteiger partial charge in [-0.25, -0.2) is 9.37 Å². The van der Waals surface area contributed by atoms with Gasteiger partial charge in [0.1, 0.15) is 11.6 Å². The first-order valence-electron chi connectivity index (χ1n) is 7.91. The number of aryl methyl sites for hydroxylation is 1. The number of carbonyl (C=O) groups excluding carboxylic acids is 1. The van der Waals surface area contributed by atoms with E-state index in [1.165, 1.54) is 25.3 Å². The molecular formula is C19H16ClFN2O2S. The van der Waals surface area contributed by atoms with Gasteiger partial charge in [-0.05, 0) is 36.8 Å². The first-order chi connectivity index (χ1) is 12.5. The minimum absolute atomic E-state index is 0.0712. The quantitative estimate of drug-likeness (QED) is 0.632. The van der Waals surface area contributed by atoms with Crippen LogP contribution < -0.4 is 10.1 Å². The number of nitrogens with one attached hydrogen (secondary N) is 1. The molecule has 0 aliphatic carbocycles. The van der Waals surface area contributed by atoms with Gasteiger partial charge in [0.25, 0.3) is 5.91 Å². The second-order valence-electron chi connectivity index (χ2n) is 5.47. The molecule has 0 unspecified atom stereocenters. The van der Waals surface area contributed by atoms with Crippen LogP contribution in [0.2, 0.25) is 5.02 Å². The number of amides is 1. The Bertz CT molecular complexity index is 958. The lowest BCUT2D eigenvalue weighted by Gasteiger charge is -2.09. The van der Waals surface area contributed by atoms with Gasteiger partial charge < -0.3 is 10.1 Å². The molecule has 7 heteroatoms. The van der Waals surface area contributed by atoms with Crippen LogP contribution in [0.15, 0.2) is 41.8 Å². The fraction of sp³-hybridized carbons (Fsp3) is 0.158. The average molecular weight is 391 g/mol. The summed E-state index contributed by atoms with van der Waals surface area (Å²) in [5.41, 5.74) is 2.00. The molecule has 0 fully saturated rings. The van der Waals surface area contributed by atoms with Crippen molar-refractivity contribution in [1.29, 1.82) is 0 Å². The summed E-state index contributed by atoms with van der Waals surface area (Å²) in [6.07, 6.45) is 0.865. The third-order valence-corrected chi connectivity index (χ3v) is 5.08. The van der Waals surface area contributed by atoms with Gasteiger partial charge in [0.15, 0.2) is 0 Å². The number of halogens is 2. The molecule has 0 atom stereocenters. The Morgan fingerprint density at radius 2 is 2.12 bits per heavy atom. The number of hydrogen-bond donors (Lipinski definition) is 1. The summed E-state index contributed by atoms with van der Waals surface area (Å²) in [5, 5.41) is 6.09. The predicted octanol–water partition coefficient (Wildman–Crippen LogP) is 5.43. The predicted molar refractivity (Wildman–Crippen MR) is 103 cm³/mol. The molecule has 0 spiro atoms. The van der Waals surface area contributed by atoms with E-state index in [0.29, 0.717) is 16.5 Å². The maximum Gasteiger partial charge on any atom is 0.258 e. The molecule has 0 radical (unpaired) electrons. The Balaban J connectivity index is 1.80. The number of nitrogens with zero attached hydrogens (tertiary/aromatic N) is 1. The second-order valence-corrected chi connectivity index (χ2v) is 6.82. The Kier molecular flexibility index (Phi) is 5.54. The molecule has 3 aromatic rings. The first kappa shape index (κ1) is 18.4. The van der Waals surface area contributed by atoms with E-state index in [0.717, 1.165) is 22.7 Å². The van der Waals surface area contributed by atoms with E-state index >= 15 is 0 Å². The number of thiazole rings is 1. The molecule has 4 nitrogen and oxygen atoms in total. The topological polar surface area (TPSA) is 51.2 Å². The highest BCUT2D eigenvalue weighted by molar-refractivity contribution is 7.09. The zero-order chi connectivity index (χ0) is 18.7. The van der Waals surface area contributed by atoms with Crippen LogP contribution in [0, 0.1) is 5.82 Å². The smallest absolute Gasteiger partial charge is 0.258 e. The van der Waals surface area contributed by atoms with Crippen molar-refractivity contribution in [2.75, 3.05) is 12.4 Å². The molecular weight excluding hydrogens is 375 g/mol. The van der Waals surface area contributed by atoms with Gasteiger partial charge >= 0.3 is 0 Å². The summed E-state index contributed by atoms with van der Waals surface area (Å²) in [6, 6.07) is 9.20. The molecule has 0 aliphatic rings. The number of ether oxygens (including phenoxy) is 1. The standard InChI is InChI=1S/C19H16ClFN2O2S/c1-3-18-23-17(10-26-18)13-6-4-11(8-15(13)20)22-19(24)14-7-5-12(25-2)9-16(14)21/h4-10H,3H2,1-2H3,(H,22,24). The van der Waals surface area contributed by atoms with Gasteiger partial charge in [0.05, 0.1) is 28.4 Å². The van der Waals surface area contributed by atoms with Crippen molar-refractivity contribution < 1.29 is 13.9 Å². The molecule has 3 rings (SSSR count). The maximum atomic E-state index is 14.0. The monoisotopic (exact) mass is 390 g/mol. The fourth-order valence-electron chi connectivity index (χ4n) is 2.40. The van der Waals surface area contributed by atoms with E-state index in [-0.39, 0.29) is 5.56 Å². The molecule has 134 valence electrons. The molecule has 0 bridgehead atoms. The number of hydrogen-bond acceptors (Lipinski definition) is 4. The first-order valence-corrected chi connectivity index (χ1v) is 9.16. The second kappa shape index (κ2) is 7.85. The highest BCUT2D eigenvalue weighted by Gasteiger charge is 2.14. The van der Waals surface area contributed by atoms with E-state index in [9.17, 15) is 9.18 Å². The summed E-state index contributed by atoms with van der Waals surface area (Å²) in [6.45, 7) is 2.04. The van der Waals surface area contributed by atoms with E-state index in [4.69, 9.17) is 16.3 Å². The minimum Gasteiger partial charge on any atom is -0.497 e. The van der Waals surface area contributed by atoms with Crippen molar-refractivity contribution in [3.63, 3.8) is 0 Å². The van der Waals surface area contributed by atoms with Crippen molar-refractivity contribution in [1.82, 2.24) is 4.98 Å². The Hall–Kier alpha value is -2.44. The average Bonchev–Trinajstić information content (AvgIpc) is 3.10. The minimum atomic E-state index is -0.654. The Labute approximate surface area is 159 Å². The number of benzene rings is 2. The number of rotatable bonds is 5. The summed E-state index contributed by atoms with van der Waals surface area (Å²) in [5.74, 6) is -0.865. The molecule has 2 aromatic carbocycles. The third-order valence-electron chi connectivity index (χ3n) is 3.78. The van der Waals surface area contributed by atoms with Gasteiger partial charge in [-0.3, -0.25) is 4.79 Å². The highest BCUT2D eigenvalue weighted by atomic mass is 35.5. The van der Waals surface area contributed by atoms with Crippen LogP contribution in [0.5, 0.6) is 5.75 Å². The van der Waals surface area contributed by atoms with Gasteiger partial charge in [-0.15, -0.1) is 11.3 Å². The van der Waals surface area contributed by atoms with Crippen LogP contribution in [0.25, 0.3) is 11.3 Å². The summed E-state index contributed by atoms with van der Waals surface area (Å²) >= 11 is 7.92. The largest absolute Gasteiger partial charge is 0.497 e. The summed E-state index contributed by atoms with van der Waals surface area (Å²) in [4.78, 5) is 16.8. The van der Waals surface area contributed by atoms with Crippen molar-refractivity contribution >= 4 is 34.5 Å².